The molecule has 0 aromatic rings. The van der Waals surface area contributed by atoms with E-state index in [2.05, 4.69) is 0 Å². The Bertz CT molecular complexity index is 186. The molecule has 13 heavy (non-hydrogen) atoms. The molecule has 4 nitrogen and oxygen atoms in total. The van der Waals surface area contributed by atoms with Gasteiger partial charge >= 0.3 is 41.5 Å². The normalized spacial score (nSPS) is 13.8. The average Bonchev–Trinajstić information content (AvgIpc) is 2.02. The second kappa shape index (κ2) is 7.35. The molecular weight excluding hydrogens is 183 g/mol. The quantitative estimate of drug-likeness (QED) is 0.328. The smallest absolute Gasteiger partial charge is 1.00 e. The number of ether oxygens (including phenoxy) is 1. The van der Waals surface area contributed by atoms with Crippen LogP contribution in [0.15, 0.2) is 0 Å². The molecule has 0 rings (SSSR count). The van der Waals surface area contributed by atoms with Crippen molar-refractivity contribution in [1.29, 1.82) is 0 Å². The largest absolute Gasteiger partial charge is 1.00 e. The molecule has 0 fully saturated rings. The van der Waals surface area contributed by atoms with Gasteiger partial charge in [-0.2, -0.15) is 0 Å². The first-order valence-corrected chi connectivity index (χ1v) is 3.92. The zero-order valence-electron chi connectivity index (χ0n) is 9.53. The van der Waals surface area contributed by atoms with Gasteiger partial charge in [0, 0.05) is 0 Å². The summed E-state index contributed by atoms with van der Waals surface area (Å²) in [7, 11) is 0. The van der Waals surface area contributed by atoms with Gasteiger partial charge in [0.1, 0.15) is 0 Å². The van der Waals surface area contributed by atoms with E-state index >= 15 is 0 Å². The van der Waals surface area contributed by atoms with Gasteiger partial charge in [0.25, 0.3) is 0 Å². The predicted molar refractivity (Wildman–Crippen MR) is 43.8 cm³/mol. The molecule has 5 heteroatoms. The molecule has 72 valence electrons. The van der Waals surface area contributed by atoms with Crippen molar-refractivity contribution in [3.05, 3.63) is 0 Å². The zero-order chi connectivity index (χ0) is 9.72. The van der Waals surface area contributed by atoms with Crippen molar-refractivity contribution < 1.29 is 50.4 Å². The second-order valence-electron chi connectivity index (χ2n) is 2.72. The summed E-state index contributed by atoms with van der Waals surface area (Å²) in [4.78, 5) is 21.3. The van der Waals surface area contributed by atoms with Crippen LogP contribution in [0.3, 0.4) is 0 Å². The summed E-state index contributed by atoms with van der Waals surface area (Å²) in [6.07, 6.45) is 0.484. The van der Waals surface area contributed by atoms with E-state index in [0.29, 0.717) is 6.42 Å². The molecule has 0 heterocycles. The molecule has 2 unspecified atom stereocenters. The van der Waals surface area contributed by atoms with Crippen molar-refractivity contribution in [1.82, 2.24) is 0 Å². The molecule has 1 N–H and O–H groups in total. The molecule has 2 atom stereocenters. The number of aliphatic carboxylic acids is 1. The molecule has 0 aliphatic rings. The molecule has 0 aromatic carbocycles. The van der Waals surface area contributed by atoms with Crippen LogP contribution in [0.25, 0.3) is 0 Å². The minimum Gasteiger partial charge on any atom is -1.00 e. The Kier molecular flexibility index (Phi) is 8.72. The molecule has 0 aromatic heterocycles. The van der Waals surface area contributed by atoms with Gasteiger partial charge in [0.2, 0.25) is 0 Å². The fourth-order valence-corrected chi connectivity index (χ4v) is 0.484. The van der Waals surface area contributed by atoms with E-state index in [0.717, 1.165) is 0 Å². The maximum absolute atomic E-state index is 11.0. The van der Waals surface area contributed by atoms with Crippen LogP contribution in [-0.4, -0.2) is 23.1 Å². The number of rotatable bonds is 4. The summed E-state index contributed by atoms with van der Waals surface area (Å²) in [5, 5.41) is 8.44. The number of carboxylic acid groups (broad SMARTS) is 1. The van der Waals surface area contributed by atoms with Crippen LogP contribution in [0, 0.1) is 5.92 Å². The molecule has 0 amide bonds. The molecule has 0 aliphatic heterocycles. The second-order valence-corrected chi connectivity index (χ2v) is 2.72. The summed E-state index contributed by atoms with van der Waals surface area (Å²) in [6.45, 7) is 4.91. The van der Waals surface area contributed by atoms with Gasteiger partial charge in [0.05, 0.1) is 6.10 Å². The number of carbonyl (C=O) groups excluding carboxylic acids is 1. The Morgan fingerprint density at radius 3 is 2.23 bits per heavy atom. The Hall–Kier alpha value is -0.0600. The van der Waals surface area contributed by atoms with Crippen molar-refractivity contribution in [2.45, 2.75) is 33.3 Å². The van der Waals surface area contributed by atoms with Gasteiger partial charge in [-0.1, -0.05) is 6.92 Å². The van der Waals surface area contributed by atoms with Crippen molar-refractivity contribution >= 4 is 11.9 Å². The maximum Gasteiger partial charge on any atom is 1.00 e. The van der Waals surface area contributed by atoms with Crippen molar-refractivity contribution in [2.24, 2.45) is 5.92 Å². The van der Waals surface area contributed by atoms with Gasteiger partial charge in [-0.3, -0.25) is 9.59 Å². The zero-order valence-corrected chi connectivity index (χ0v) is 10.5. The number of carbonyl (C=O) groups is 2. The van der Waals surface area contributed by atoms with Gasteiger partial charge in [-0.25, -0.2) is 0 Å². The van der Waals surface area contributed by atoms with Crippen LogP contribution >= 0.6 is 0 Å². The van der Waals surface area contributed by atoms with E-state index in [1.54, 1.807) is 6.92 Å². The minimum absolute atomic E-state index is 0. The Balaban J connectivity index is -0.000000605. The van der Waals surface area contributed by atoms with Crippen molar-refractivity contribution in [3.8, 4) is 0 Å². The first kappa shape index (κ1) is 15.4. The van der Waals surface area contributed by atoms with Crippen LogP contribution in [0.4, 0.5) is 0 Å². The van der Waals surface area contributed by atoms with E-state index in [1.165, 1.54) is 6.92 Å². The van der Waals surface area contributed by atoms with Crippen LogP contribution in [0.2, 0.25) is 0 Å². The first-order chi connectivity index (χ1) is 5.49. The maximum atomic E-state index is 11.0. The third-order valence-corrected chi connectivity index (χ3v) is 1.62. The standard InChI is InChI=1S/C8H14O4.Na.H/c1-4-5(2)12-8(11)6(3)7(9)10;;/h5-6H,4H2,1-3H3,(H,9,10);;/q;+1;-1. The van der Waals surface area contributed by atoms with Crippen molar-refractivity contribution in [2.75, 3.05) is 0 Å². The fourth-order valence-electron chi connectivity index (χ4n) is 0.484. The van der Waals surface area contributed by atoms with Crippen molar-refractivity contribution in [3.63, 3.8) is 0 Å². The molecular formula is C8H15NaO4. The van der Waals surface area contributed by atoms with Gasteiger partial charge < -0.3 is 11.3 Å². The topological polar surface area (TPSA) is 63.6 Å². The molecule has 0 saturated heterocycles. The predicted octanol–water partition coefficient (Wildman–Crippen LogP) is -1.83. The molecule has 0 radical (unpaired) electrons. The summed E-state index contributed by atoms with van der Waals surface area (Å²) < 4.78 is 4.80. The SMILES string of the molecule is CCC(C)OC(=O)C(C)C(=O)O.[H-].[Na+]. The third-order valence-electron chi connectivity index (χ3n) is 1.62. The summed E-state index contributed by atoms with van der Waals surface area (Å²) in [6, 6.07) is 0. The van der Waals surface area contributed by atoms with E-state index in [4.69, 9.17) is 9.84 Å². The molecule has 0 saturated carbocycles. The van der Waals surface area contributed by atoms with Crippen LogP contribution < -0.4 is 29.6 Å². The van der Waals surface area contributed by atoms with Gasteiger partial charge in [-0.05, 0) is 20.3 Å². The first-order valence-electron chi connectivity index (χ1n) is 3.92. The fraction of sp³-hybridized carbons (Fsp3) is 0.750. The molecule has 0 bridgehead atoms. The van der Waals surface area contributed by atoms with E-state index in [9.17, 15) is 9.59 Å². The molecule has 0 spiro atoms. The summed E-state index contributed by atoms with van der Waals surface area (Å²) in [5.41, 5.74) is 0. The van der Waals surface area contributed by atoms with Gasteiger partial charge in [0.15, 0.2) is 5.92 Å². The average molecular weight is 198 g/mol. The van der Waals surface area contributed by atoms with E-state index < -0.39 is 17.9 Å². The van der Waals surface area contributed by atoms with Crippen LogP contribution in [0.5, 0.6) is 0 Å². The number of hydrogen-bond acceptors (Lipinski definition) is 3. The minimum atomic E-state index is -1.15. The number of hydrogen-bond donors (Lipinski definition) is 1. The Morgan fingerprint density at radius 1 is 1.46 bits per heavy atom. The Labute approximate surface area is 101 Å². The summed E-state index contributed by atoms with van der Waals surface area (Å²) in [5.74, 6) is -2.89. The summed E-state index contributed by atoms with van der Waals surface area (Å²) >= 11 is 0. The Morgan fingerprint density at radius 2 is 1.92 bits per heavy atom. The van der Waals surface area contributed by atoms with Gasteiger partial charge in [-0.15, -0.1) is 0 Å². The molecule has 0 aliphatic carbocycles. The third kappa shape index (κ3) is 6.07. The number of carboxylic acids is 1. The van der Waals surface area contributed by atoms with Crippen LogP contribution in [-0.2, 0) is 14.3 Å². The van der Waals surface area contributed by atoms with E-state index in [1.807, 2.05) is 6.92 Å². The van der Waals surface area contributed by atoms with Crippen LogP contribution in [0.1, 0.15) is 28.6 Å². The van der Waals surface area contributed by atoms with E-state index in [-0.39, 0.29) is 37.1 Å². The number of esters is 1. The monoisotopic (exact) mass is 198 g/mol.